The molecule has 8 nitrogen and oxygen atoms in total. The van der Waals surface area contributed by atoms with Crippen molar-refractivity contribution in [3.63, 3.8) is 0 Å². The average molecular weight is 416 g/mol. The van der Waals surface area contributed by atoms with Gasteiger partial charge in [0.25, 0.3) is 0 Å². The molecule has 0 spiro atoms. The van der Waals surface area contributed by atoms with Crippen LogP contribution >= 0.6 is 0 Å². The van der Waals surface area contributed by atoms with Crippen LogP contribution in [0.4, 0.5) is 5.95 Å². The van der Waals surface area contributed by atoms with Crippen molar-refractivity contribution in [2.24, 2.45) is 16.8 Å². The van der Waals surface area contributed by atoms with Gasteiger partial charge in [-0.2, -0.15) is 0 Å². The molecular weight excluding hydrogens is 378 g/mol. The van der Waals surface area contributed by atoms with E-state index in [0.717, 1.165) is 63.0 Å². The van der Waals surface area contributed by atoms with Crippen LogP contribution in [0.1, 0.15) is 39.5 Å². The number of carbonyl (C=O) groups excluding carboxylic acids is 1. The molecule has 30 heavy (non-hydrogen) atoms. The maximum atomic E-state index is 12.6. The van der Waals surface area contributed by atoms with Gasteiger partial charge in [-0.3, -0.25) is 9.79 Å². The highest BCUT2D eigenvalue weighted by Gasteiger charge is 2.29. The van der Waals surface area contributed by atoms with E-state index in [0.29, 0.717) is 13.0 Å². The van der Waals surface area contributed by atoms with Gasteiger partial charge in [-0.1, -0.05) is 26.7 Å². The van der Waals surface area contributed by atoms with Gasteiger partial charge in [0.2, 0.25) is 11.9 Å². The predicted molar refractivity (Wildman–Crippen MR) is 121 cm³/mol. The minimum Gasteiger partial charge on any atom is -0.356 e. The first-order valence-electron chi connectivity index (χ1n) is 11.4. The second-order valence-corrected chi connectivity index (χ2v) is 8.21. The first kappa shape index (κ1) is 22.3. The number of rotatable bonds is 7. The number of nitrogens with one attached hydrogen (secondary N) is 1. The molecule has 0 aromatic carbocycles. The van der Waals surface area contributed by atoms with Crippen molar-refractivity contribution in [2.75, 3.05) is 57.8 Å². The van der Waals surface area contributed by atoms with Crippen molar-refractivity contribution in [3.05, 3.63) is 18.5 Å². The summed E-state index contributed by atoms with van der Waals surface area (Å²) in [5, 5.41) is 3.41. The highest BCUT2D eigenvalue weighted by Crippen LogP contribution is 2.28. The van der Waals surface area contributed by atoms with E-state index in [1.165, 1.54) is 19.3 Å². The Morgan fingerprint density at radius 3 is 2.47 bits per heavy atom. The van der Waals surface area contributed by atoms with E-state index < -0.39 is 0 Å². The van der Waals surface area contributed by atoms with Crippen LogP contribution in [0, 0.1) is 11.8 Å². The molecule has 3 heterocycles. The summed E-state index contributed by atoms with van der Waals surface area (Å²) in [4.78, 5) is 32.1. The van der Waals surface area contributed by atoms with Crippen LogP contribution in [0.5, 0.6) is 0 Å². The Bertz CT molecular complexity index is 684. The third kappa shape index (κ3) is 5.61. The maximum absolute atomic E-state index is 12.6. The van der Waals surface area contributed by atoms with Crippen LogP contribution in [0.2, 0.25) is 0 Å². The molecular formula is C22H37N7O. The molecule has 2 fully saturated rings. The highest BCUT2D eigenvalue weighted by atomic mass is 16.2. The molecule has 2 aliphatic heterocycles. The van der Waals surface area contributed by atoms with E-state index >= 15 is 0 Å². The summed E-state index contributed by atoms with van der Waals surface area (Å²) < 4.78 is 0. The molecule has 3 rings (SSSR count). The first-order valence-corrected chi connectivity index (χ1v) is 11.4. The van der Waals surface area contributed by atoms with E-state index in [2.05, 4.69) is 43.9 Å². The van der Waals surface area contributed by atoms with Crippen molar-refractivity contribution in [2.45, 2.75) is 39.5 Å². The Balaban J connectivity index is 1.39. The minimum absolute atomic E-state index is 0.197. The molecule has 1 aromatic heterocycles. The predicted octanol–water partition coefficient (Wildman–Crippen LogP) is 1.85. The Labute approximate surface area is 180 Å². The van der Waals surface area contributed by atoms with E-state index in [9.17, 15) is 4.79 Å². The van der Waals surface area contributed by atoms with Gasteiger partial charge in [0.15, 0.2) is 5.96 Å². The van der Waals surface area contributed by atoms with Crippen molar-refractivity contribution < 1.29 is 4.79 Å². The maximum Gasteiger partial charge on any atom is 0.225 e. The first-order chi connectivity index (χ1) is 14.7. The summed E-state index contributed by atoms with van der Waals surface area (Å²) in [6.45, 7) is 10.3. The molecule has 0 saturated carbocycles. The van der Waals surface area contributed by atoms with Gasteiger partial charge in [0.05, 0.1) is 0 Å². The van der Waals surface area contributed by atoms with Crippen molar-refractivity contribution in [1.82, 2.24) is 25.1 Å². The van der Waals surface area contributed by atoms with Gasteiger partial charge in [-0.25, -0.2) is 9.97 Å². The SMILES string of the molecule is CCC(CC)C1CCN(C(=NC)NCCC(=O)N2CCN(c3ncccn3)CC2)C1. The van der Waals surface area contributed by atoms with Gasteiger partial charge in [0, 0.05) is 71.7 Å². The van der Waals surface area contributed by atoms with Crippen LogP contribution in [-0.2, 0) is 4.79 Å². The molecule has 1 atom stereocenters. The molecule has 0 radical (unpaired) electrons. The number of aliphatic imine (C=N–C) groups is 1. The number of hydrogen-bond donors (Lipinski definition) is 1. The van der Waals surface area contributed by atoms with Crippen molar-refractivity contribution in [1.29, 1.82) is 0 Å². The van der Waals surface area contributed by atoms with Gasteiger partial charge in [-0.05, 0) is 24.3 Å². The third-order valence-corrected chi connectivity index (χ3v) is 6.54. The fraction of sp³-hybridized carbons (Fsp3) is 0.727. The topological polar surface area (TPSA) is 77.0 Å². The normalized spacial score (nSPS) is 20.2. The number of nitrogens with zero attached hydrogens (tertiary/aromatic N) is 6. The van der Waals surface area contributed by atoms with Gasteiger partial charge in [-0.15, -0.1) is 0 Å². The molecule has 2 saturated heterocycles. The number of aromatic nitrogens is 2. The molecule has 1 amide bonds. The lowest BCUT2D eigenvalue weighted by Gasteiger charge is -2.34. The lowest BCUT2D eigenvalue weighted by Crippen LogP contribution is -2.50. The molecule has 1 aromatic rings. The number of amides is 1. The Morgan fingerprint density at radius 2 is 1.83 bits per heavy atom. The number of likely N-dealkylation sites (tertiary alicyclic amines) is 1. The minimum atomic E-state index is 0.197. The van der Waals surface area contributed by atoms with Crippen molar-refractivity contribution >= 4 is 17.8 Å². The number of anilines is 1. The Morgan fingerprint density at radius 1 is 1.13 bits per heavy atom. The Hall–Kier alpha value is -2.38. The van der Waals surface area contributed by atoms with Gasteiger partial charge in [0.1, 0.15) is 0 Å². The lowest BCUT2D eigenvalue weighted by atomic mass is 9.87. The smallest absolute Gasteiger partial charge is 0.225 e. The number of carbonyl (C=O) groups is 1. The summed E-state index contributed by atoms with van der Waals surface area (Å²) in [5.74, 6) is 3.43. The largest absolute Gasteiger partial charge is 0.356 e. The molecule has 8 heteroatoms. The Kier molecular flexibility index (Phi) is 8.28. The van der Waals surface area contributed by atoms with Crippen LogP contribution in [0.3, 0.4) is 0 Å². The van der Waals surface area contributed by atoms with E-state index in [4.69, 9.17) is 0 Å². The quantitative estimate of drug-likeness (QED) is 0.541. The zero-order valence-corrected chi connectivity index (χ0v) is 18.8. The lowest BCUT2D eigenvalue weighted by molar-refractivity contribution is -0.131. The van der Waals surface area contributed by atoms with Crippen LogP contribution in [0.15, 0.2) is 23.5 Å². The molecule has 1 unspecified atom stereocenters. The summed E-state index contributed by atoms with van der Waals surface area (Å²) in [6.07, 6.45) is 7.74. The van der Waals surface area contributed by atoms with E-state index in [1.54, 1.807) is 12.4 Å². The van der Waals surface area contributed by atoms with Crippen LogP contribution < -0.4 is 10.2 Å². The summed E-state index contributed by atoms with van der Waals surface area (Å²) in [7, 11) is 1.83. The molecule has 0 aliphatic carbocycles. The van der Waals surface area contributed by atoms with E-state index in [1.807, 2.05) is 18.0 Å². The van der Waals surface area contributed by atoms with Crippen LogP contribution in [0.25, 0.3) is 0 Å². The molecule has 1 N–H and O–H groups in total. The summed E-state index contributed by atoms with van der Waals surface area (Å²) in [5.41, 5.74) is 0. The standard InChI is InChI=1S/C22H37N7O/c1-4-18(5-2)19-8-12-29(17-19)21(23-3)26-11-7-20(30)27-13-15-28(16-14-27)22-24-9-6-10-25-22/h6,9-10,18-19H,4-5,7-8,11-17H2,1-3H3,(H,23,26). The third-order valence-electron chi connectivity index (χ3n) is 6.54. The van der Waals surface area contributed by atoms with Crippen LogP contribution in [-0.4, -0.2) is 84.5 Å². The molecule has 2 aliphatic rings. The zero-order chi connectivity index (χ0) is 21.3. The second kappa shape index (κ2) is 11.1. The van der Waals surface area contributed by atoms with Gasteiger partial charge < -0.3 is 20.0 Å². The summed E-state index contributed by atoms with van der Waals surface area (Å²) in [6, 6.07) is 1.82. The zero-order valence-electron chi connectivity index (χ0n) is 18.8. The monoisotopic (exact) mass is 415 g/mol. The summed E-state index contributed by atoms with van der Waals surface area (Å²) >= 11 is 0. The fourth-order valence-electron chi connectivity index (χ4n) is 4.70. The number of piperazine rings is 1. The fourth-order valence-corrected chi connectivity index (χ4v) is 4.70. The number of hydrogen-bond acceptors (Lipinski definition) is 5. The van der Waals surface area contributed by atoms with E-state index in [-0.39, 0.29) is 5.91 Å². The van der Waals surface area contributed by atoms with Gasteiger partial charge >= 0.3 is 0 Å². The average Bonchev–Trinajstić information content (AvgIpc) is 3.28. The molecule has 0 bridgehead atoms. The highest BCUT2D eigenvalue weighted by molar-refractivity contribution is 5.81. The van der Waals surface area contributed by atoms with Crippen molar-refractivity contribution in [3.8, 4) is 0 Å². The molecule has 166 valence electrons. The number of guanidine groups is 1. The second-order valence-electron chi connectivity index (χ2n) is 8.21.